The Labute approximate surface area is 118 Å². The Bertz CT molecular complexity index is 623. The fourth-order valence-electron chi connectivity index (χ4n) is 2.01. The van der Waals surface area contributed by atoms with Crippen LogP contribution < -0.4 is 10.1 Å². The quantitative estimate of drug-likeness (QED) is 0.899. The predicted octanol–water partition coefficient (Wildman–Crippen LogP) is 2.75. The standard InChI is InChI=1S/C16H17NO3/c1-11-5-3-4-6-14(11)16(19)17-13-7-8-15(20-2)12(9-13)10-18/h3-9,18H,10H2,1-2H3,(H,17,19). The van der Waals surface area contributed by atoms with Crippen molar-refractivity contribution >= 4 is 11.6 Å². The van der Waals surface area contributed by atoms with Gasteiger partial charge < -0.3 is 15.2 Å². The van der Waals surface area contributed by atoms with Gasteiger partial charge in [0.15, 0.2) is 0 Å². The highest BCUT2D eigenvalue weighted by molar-refractivity contribution is 6.05. The highest BCUT2D eigenvalue weighted by Gasteiger charge is 2.10. The molecule has 0 aromatic heterocycles. The van der Waals surface area contributed by atoms with Gasteiger partial charge in [0.05, 0.1) is 13.7 Å². The van der Waals surface area contributed by atoms with Crippen molar-refractivity contribution in [3.05, 3.63) is 59.2 Å². The fourth-order valence-corrected chi connectivity index (χ4v) is 2.01. The number of methoxy groups -OCH3 is 1. The minimum atomic E-state index is -0.169. The second kappa shape index (κ2) is 6.21. The topological polar surface area (TPSA) is 58.6 Å². The average molecular weight is 271 g/mol. The molecule has 0 aliphatic carbocycles. The van der Waals surface area contributed by atoms with E-state index in [1.807, 2.05) is 25.1 Å². The Kier molecular flexibility index (Phi) is 4.38. The summed E-state index contributed by atoms with van der Waals surface area (Å²) in [7, 11) is 1.54. The molecule has 0 aliphatic rings. The van der Waals surface area contributed by atoms with E-state index < -0.39 is 0 Å². The first-order chi connectivity index (χ1) is 9.65. The van der Waals surface area contributed by atoms with E-state index in [4.69, 9.17) is 4.74 Å². The monoisotopic (exact) mass is 271 g/mol. The molecule has 2 aromatic carbocycles. The van der Waals surface area contributed by atoms with Crippen LogP contribution in [-0.2, 0) is 6.61 Å². The fraction of sp³-hybridized carbons (Fsp3) is 0.188. The Morgan fingerprint density at radius 2 is 2.00 bits per heavy atom. The van der Waals surface area contributed by atoms with Gasteiger partial charge in [0.2, 0.25) is 0 Å². The zero-order valence-corrected chi connectivity index (χ0v) is 11.5. The van der Waals surface area contributed by atoms with Crippen molar-refractivity contribution in [3.63, 3.8) is 0 Å². The maximum Gasteiger partial charge on any atom is 0.255 e. The number of carbonyl (C=O) groups is 1. The largest absolute Gasteiger partial charge is 0.496 e. The van der Waals surface area contributed by atoms with Crippen LogP contribution in [0.3, 0.4) is 0 Å². The second-order valence-corrected chi connectivity index (χ2v) is 4.45. The number of aliphatic hydroxyl groups is 1. The maximum atomic E-state index is 12.2. The lowest BCUT2D eigenvalue weighted by Crippen LogP contribution is -2.13. The molecule has 0 fully saturated rings. The van der Waals surface area contributed by atoms with E-state index in [0.717, 1.165) is 5.56 Å². The van der Waals surface area contributed by atoms with Gasteiger partial charge in [0.1, 0.15) is 5.75 Å². The van der Waals surface area contributed by atoms with Crippen LogP contribution in [0.5, 0.6) is 5.75 Å². The summed E-state index contributed by atoms with van der Waals surface area (Å²) in [5.74, 6) is 0.429. The first-order valence-electron chi connectivity index (χ1n) is 6.30. The predicted molar refractivity (Wildman–Crippen MR) is 78.0 cm³/mol. The van der Waals surface area contributed by atoms with Crippen LogP contribution in [-0.4, -0.2) is 18.1 Å². The smallest absolute Gasteiger partial charge is 0.255 e. The van der Waals surface area contributed by atoms with E-state index in [1.165, 1.54) is 0 Å². The first-order valence-corrected chi connectivity index (χ1v) is 6.30. The first kappa shape index (κ1) is 14.1. The van der Waals surface area contributed by atoms with Gasteiger partial charge in [-0.15, -0.1) is 0 Å². The number of nitrogens with one attached hydrogen (secondary N) is 1. The molecule has 0 spiro atoms. The Balaban J connectivity index is 2.22. The Morgan fingerprint density at radius 1 is 1.25 bits per heavy atom. The SMILES string of the molecule is COc1ccc(NC(=O)c2ccccc2C)cc1CO. The third kappa shape index (κ3) is 2.97. The lowest BCUT2D eigenvalue weighted by atomic mass is 10.1. The maximum absolute atomic E-state index is 12.2. The third-order valence-corrected chi connectivity index (χ3v) is 3.10. The number of aryl methyl sites for hydroxylation is 1. The molecule has 0 saturated carbocycles. The van der Waals surface area contributed by atoms with E-state index in [0.29, 0.717) is 22.6 Å². The minimum absolute atomic E-state index is 0.142. The lowest BCUT2D eigenvalue weighted by molar-refractivity contribution is 0.102. The van der Waals surface area contributed by atoms with E-state index in [2.05, 4.69) is 5.32 Å². The molecule has 4 heteroatoms. The molecule has 104 valence electrons. The van der Waals surface area contributed by atoms with E-state index in [9.17, 15) is 9.90 Å². The number of carbonyl (C=O) groups excluding carboxylic acids is 1. The Morgan fingerprint density at radius 3 is 2.65 bits per heavy atom. The molecule has 1 amide bonds. The summed E-state index contributed by atoms with van der Waals surface area (Å²) < 4.78 is 5.13. The van der Waals surface area contributed by atoms with Gasteiger partial charge in [0.25, 0.3) is 5.91 Å². The summed E-state index contributed by atoms with van der Waals surface area (Å²) in [5, 5.41) is 12.1. The van der Waals surface area contributed by atoms with E-state index in [-0.39, 0.29) is 12.5 Å². The minimum Gasteiger partial charge on any atom is -0.496 e. The van der Waals surface area contributed by atoms with Gasteiger partial charge in [-0.05, 0) is 36.8 Å². The van der Waals surface area contributed by atoms with Crippen molar-refractivity contribution in [1.82, 2.24) is 0 Å². The zero-order chi connectivity index (χ0) is 14.5. The molecule has 0 atom stereocenters. The molecule has 0 aliphatic heterocycles. The normalized spacial score (nSPS) is 10.2. The van der Waals surface area contributed by atoms with Crippen molar-refractivity contribution in [2.75, 3.05) is 12.4 Å². The van der Waals surface area contributed by atoms with Crippen LogP contribution in [0.1, 0.15) is 21.5 Å². The van der Waals surface area contributed by atoms with Crippen LogP contribution in [0.4, 0.5) is 5.69 Å². The summed E-state index contributed by atoms with van der Waals surface area (Å²) >= 11 is 0. The third-order valence-electron chi connectivity index (χ3n) is 3.10. The van der Waals surface area contributed by atoms with E-state index in [1.54, 1.807) is 31.4 Å². The van der Waals surface area contributed by atoms with Crippen molar-refractivity contribution in [2.24, 2.45) is 0 Å². The van der Waals surface area contributed by atoms with Crippen LogP contribution in [0.2, 0.25) is 0 Å². The molecule has 2 N–H and O–H groups in total. The molecule has 0 bridgehead atoms. The van der Waals surface area contributed by atoms with Crippen LogP contribution in [0.15, 0.2) is 42.5 Å². The highest BCUT2D eigenvalue weighted by atomic mass is 16.5. The van der Waals surface area contributed by atoms with Gasteiger partial charge >= 0.3 is 0 Å². The van der Waals surface area contributed by atoms with E-state index >= 15 is 0 Å². The van der Waals surface area contributed by atoms with Gasteiger partial charge in [-0.3, -0.25) is 4.79 Å². The van der Waals surface area contributed by atoms with Gasteiger partial charge in [-0.1, -0.05) is 18.2 Å². The number of anilines is 1. The summed E-state index contributed by atoms with van der Waals surface area (Å²) in [6.45, 7) is 1.75. The molecule has 2 rings (SSSR count). The number of hydrogen-bond donors (Lipinski definition) is 2. The molecule has 4 nitrogen and oxygen atoms in total. The van der Waals surface area contributed by atoms with Crippen molar-refractivity contribution < 1.29 is 14.6 Å². The van der Waals surface area contributed by atoms with Gasteiger partial charge in [-0.25, -0.2) is 0 Å². The zero-order valence-electron chi connectivity index (χ0n) is 11.5. The van der Waals surface area contributed by atoms with Gasteiger partial charge in [0, 0.05) is 16.8 Å². The summed E-state index contributed by atoms with van der Waals surface area (Å²) in [6, 6.07) is 12.6. The van der Waals surface area contributed by atoms with Gasteiger partial charge in [-0.2, -0.15) is 0 Å². The van der Waals surface area contributed by atoms with Crippen molar-refractivity contribution in [1.29, 1.82) is 0 Å². The summed E-state index contributed by atoms with van der Waals surface area (Å²) in [6.07, 6.45) is 0. The number of aliphatic hydroxyl groups excluding tert-OH is 1. The lowest BCUT2D eigenvalue weighted by Gasteiger charge is -2.11. The number of benzene rings is 2. The van der Waals surface area contributed by atoms with Crippen LogP contribution in [0.25, 0.3) is 0 Å². The second-order valence-electron chi connectivity index (χ2n) is 4.45. The number of hydrogen-bond acceptors (Lipinski definition) is 3. The molecule has 2 aromatic rings. The van der Waals surface area contributed by atoms with Crippen LogP contribution in [0, 0.1) is 6.92 Å². The molecular weight excluding hydrogens is 254 g/mol. The molecule has 0 unspecified atom stereocenters. The van der Waals surface area contributed by atoms with Crippen LogP contribution >= 0.6 is 0 Å². The number of amides is 1. The summed E-state index contributed by atoms with van der Waals surface area (Å²) in [5.41, 5.74) is 2.81. The Hall–Kier alpha value is -2.33. The van der Waals surface area contributed by atoms with Crippen molar-refractivity contribution in [3.8, 4) is 5.75 Å². The number of rotatable bonds is 4. The molecule has 20 heavy (non-hydrogen) atoms. The molecular formula is C16H17NO3. The average Bonchev–Trinajstić information content (AvgIpc) is 2.47. The highest BCUT2D eigenvalue weighted by Crippen LogP contribution is 2.23. The molecule has 0 saturated heterocycles. The molecule has 0 heterocycles. The molecule has 0 radical (unpaired) electrons. The van der Waals surface area contributed by atoms with Crippen molar-refractivity contribution in [2.45, 2.75) is 13.5 Å². The summed E-state index contributed by atoms with van der Waals surface area (Å²) in [4.78, 5) is 12.2. The number of ether oxygens (including phenoxy) is 1.